The zero-order valence-corrected chi connectivity index (χ0v) is 14.3. The van der Waals surface area contributed by atoms with Crippen molar-refractivity contribution in [2.45, 2.75) is 0 Å². The number of aromatic amines is 1. The molecule has 0 radical (unpaired) electrons. The van der Waals surface area contributed by atoms with Gasteiger partial charge in [-0.05, 0) is 18.2 Å². The van der Waals surface area contributed by atoms with Crippen LogP contribution >= 0.6 is 23.2 Å². The Bertz CT molecular complexity index is 924. The van der Waals surface area contributed by atoms with E-state index in [9.17, 15) is 4.79 Å². The lowest BCUT2D eigenvalue weighted by molar-refractivity contribution is 0.0602. The molecule has 1 heterocycles. The van der Waals surface area contributed by atoms with Crippen molar-refractivity contribution < 1.29 is 14.3 Å². The molecule has 0 bridgehead atoms. The molecule has 0 aliphatic rings. The summed E-state index contributed by atoms with van der Waals surface area (Å²) in [5, 5.41) is 3.85. The Hall–Kier alpha value is -2.44. The van der Waals surface area contributed by atoms with Crippen LogP contribution in [-0.2, 0) is 4.74 Å². The van der Waals surface area contributed by atoms with E-state index in [4.69, 9.17) is 32.7 Å². The summed E-state index contributed by atoms with van der Waals surface area (Å²) in [6, 6.07) is 8.53. The monoisotopic (exact) mass is 365 g/mol. The second-order valence-corrected chi connectivity index (χ2v) is 5.66. The van der Waals surface area contributed by atoms with E-state index in [2.05, 4.69) is 15.3 Å². The van der Waals surface area contributed by atoms with Gasteiger partial charge in [-0.3, -0.25) is 0 Å². The summed E-state index contributed by atoms with van der Waals surface area (Å²) >= 11 is 12.2. The smallest absolute Gasteiger partial charge is 0.340 e. The molecule has 0 spiro atoms. The molecule has 0 amide bonds. The molecule has 0 saturated carbocycles. The van der Waals surface area contributed by atoms with Gasteiger partial charge in [0.2, 0.25) is 5.95 Å². The first-order valence-corrected chi connectivity index (χ1v) is 7.66. The van der Waals surface area contributed by atoms with Crippen LogP contribution in [0.25, 0.3) is 11.0 Å². The lowest BCUT2D eigenvalue weighted by Crippen LogP contribution is -2.02. The van der Waals surface area contributed by atoms with Crippen molar-refractivity contribution >= 4 is 51.8 Å². The molecule has 3 aromatic rings. The van der Waals surface area contributed by atoms with Crippen molar-refractivity contribution in [1.82, 2.24) is 9.97 Å². The van der Waals surface area contributed by atoms with Crippen molar-refractivity contribution in [3.8, 4) is 5.75 Å². The molecule has 124 valence electrons. The maximum absolute atomic E-state index is 12.0. The first kappa shape index (κ1) is 16.4. The van der Waals surface area contributed by atoms with Crippen molar-refractivity contribution in [3.63, 3.8) is 0 Å². The quantitative estimate of drug-likeness (QED) is 0.669. The zero-order chi connectivity index (χ0) is 17.3. The van der Waals surface area contributed by atoms with E-state index in [1.54, 1.807) is 30.3 Å². The van der Waals surface area contributed by atoms with E-state index < -0.39 is 5.97 Å². The fraction of sp³-hybridized carbons (Fsp3) is 0.125. The average Bonchev–Trinajstić information content (AvgIpc) is 2.99. The van der Waals surface area contributed by atoms with Crippen LogP contribution < -0.4 is 10.1 Å². The fourth-order valence-corrected chi connectivity index (χ4v) is 2.61. The highest BCUT2D eigenvalue weighted by atomic mass is 35.5. The number of rotatable bonds is 4. The summed E-state index contributed by atoms with van der Waals surface area (Å²) in [6.45, 7) is 0. The SMILES string of the molecule is COC(=O)c1cc(OC)cc2[nH]c(Nc3cccc(Cl)c3Cl)nc12. The Morgan fingerprint density at radius 1 is 1.25 bits per heavy atom. The number of imidazole rings is 1. The van der Waals surface area contributed by atoms with Crippen molar-refractivity contribution in [2.24, 2.45) is 0 Å². The molecule has 0 aliphatic carbocycles. The number of hydrogen-bond donors (Lipinski definition) is 2. The van der Waals surface area contributed by atoms with E-state index in [1.807, 2.05) is 0 Å². The van der Waals surface area contributed by atoms with Gasteiger partial charge in [-0.15, -0.1) is 0 Å². The van der Waals surface area contributed by atoms with Gasteiger partial charge < -0.3 is 19.8 Å². The van der Waals surface area contributed by atoms with E-state index in [0.717, 1.165) is 0 Å². The molecule has 0 aliphatic heterocycles. The maximum atomic E-state index is 12.0. The Morgan fingerprint density at radius 3 is 2.75 bits per heavy atom. The van der Waals surface area contributed by atoms with Gasteiger partial charge in [0, 0.05) is 6.07 Å². The normalized spacial score (nSPS) is 10.7. The molecule has 24 heavy (non-hydrogen) atoms. The lowest BCUT2D eigenvalue weighted by Gasteiger charge is -2.05. The number of H-pyrrole nitrogens is 1. The third kappa shape index (κ3) is 2.98. The number of ether oxygens (including phenoxy) is 2. The van der Waals surface area contributed by atoms with Gasteiger partial charge in [0.25, 0.3) is 0 Å². The van der Waals surface area contributed by atoms with Crippen LogP contribution in [0.15, 0.2) is 30.3 Å². The highest BCUT2D eigenvalue weighted by Gasteiger charge is 2.17. The summed E-state index contributed by atoms with van der Waals surface area (Å²) in [5.41, 5.74) is 1.97. The van der Waals surface area contributed by atoms with Gasteiger partial charge in [-0.25, -0.2) is 9.78 Å². The van der Waals surface area contributed by atoms with E-state index >= 15 is 0 Å². The van der Waals surface area contributed by atoms with Crippen LogP contribution in [0.5, 0.6) is 5.75 Å². The van der Waals surface area contributed by atoms with Crippen LogP contribution in [0.3, 0.4) is 0 Å². The predicted molar refractivity (Wildman–Crippen MR) is 93.7 cm³/mol. The van der Waals surface area contributed by atoms with Gasteiger partial charge >= 0.3 is 5.97 Å². The number of aromatic nitrogens is 2. The van der Waals surface area contributed by atoms with Gasteiger partial charge in [0.1, 0.15) is 11.3 Å². The molecule has 1 aromatic heterocycles. The molecule has 2 aromatic carbocycles. The van der Waals surface area contributed by atoms with E-state index in [-0.39, 0.29) is 0 Å². The molecule has 8 heteroatoms. The predicted octanol–water partition coefficient (Wildman–Crippen LogP) is 4.41. The number of nitrogens with one attached hydrogen (secondary N) is 2. The van der Waals surface area contributed by atoms with Gasteiger partial charge in [0.05, 0.1) is 41.0 Å². The van der Waals surface area contributed by atoms with Crippen LogP contribution in [-0.4, -0.2) is 30.2 Å². The number of fused-ring (bicyclic) bond motifs is 1. The Labute approximate surface area is 147 Å². The van der Waals surface area contributed by atoms with Crippen molar-refractivity contribution in [2.75, 3.05) is 19.5 Å². The van der Waals surface area contributed by atoms with E-state index in [0.29, 0.717) is 44.0 Å². The third-order valence-corrected chi connectivity index (χ3v) is 4.22. The lowest BCUT2D eigenvalue weighted by atomic mass is 10.1. The fourth-order valence-electron chi connectivity index (χ4n) is 2.26. The number of nitrogens with zero attached hydrogens (tertiary/aromatic N) is 1. The molecule has 0 saturated heterocycles. The Morgan fingerprint density at radius 2 is 2.04 bits per heavy atom. The molecular weight excluding hydrogens is 353 g/mol. The van der Waals surface area contributed by atoms with Crippen LogP contribution in [0, 0.1) is 0 Å². The Kier molecular flexibility index (Phi) is 4.51. The summed E-state index contributed by atoms with van der Waals surface area (Å²) < 4.78 is 10.0. The van der Waals surface area contributed by atoms with Crippen LogP contribution in [0.2, 0.25) is 10.0 Å². The van der Waals surface area contributed by atoms with Gasteiger partial charge in [-0.1, -0.05) is 29.3 Å². The number of anilines is 2. The number of carbonyl (C=O) groups excluding carboxylic acids is 1. The maximum Gasteiger partial charge on any atom is 0.340 e. The minimum atomic E-state index is -0.502. The van der Waals surface area contributed by atoms with Crippen molar-refractivity contribution in [1.29, 1.82) is 0 Å². The molecule has 2 N–H and O–H groups in total. The molecular formula is C16H13Cl2N3O3. The number of methoxy groups -OCH3 is 2. The summed E-state index contributed by atoms with van der Waals surface area (Å²) in [4.78, 5) is 19.4. The first-order valence-electron chi connectivity index (χ1n) is 6.90. The zero-order valence-electron chi connectivity index (χ0n) is 12.8. The number of esters is 1. The first-order chi connectivity index (χ1) is 11.5. The summed E-state index contributed by atoms with van der Waals surface area (Å²) in [7, 11) is 2.83. The van der Waals surface area contributed by atoms with Crippen LogP contribution in [0.4, 0.5) is 11.6 Å². The topological polar surface area (TPSA) is 76.2 Å². The van der Waals surface area contributed by atoms with Crippen molar-refractivity contribution in [3.05, 3.63) is 45.9 Å². The van der Waals surface area contributed by atoms with Crippen LogP contribution in [0.1, 0.15) is 10.4 Å². The van der Waals surface area contributed by atoms with E-state index in [1.165, 1.54) is 14.2 Å². The second kappa shape index (κ2) is 6.59. The summed E-state index contributed by atoms with van der Waals surface area (Å²) in [6.07, 6.45) is 0. The van der Waals surface area contributed by atoms with Gasteiger partial charge in [0.15, 0.2) is 0 Å². The summed E-state index contributed by atoms with van der Waals surface area (Å²) in [5.74, 6) is 0.421. The molecule has 0 fully saturated rings. The molecule has 0 unspecified atom stereocenters. The van der Waals surface area contributed by atoms with Gasteiger partial charge in [-0.2, -0.15) is 0 Å². The molecule has 3 rings (SSSR count). The number of benzene rings is 2. The largest absolute Gasteiger partial charge is 0.497 e. The third-order valence-electron chi connectivity index (χ3n) is 3.41. The standard InChI is InChI=1S/C16H13Cl2N3O3/c1-23-8-6-9(15(22)24-2)14-12(7-8)20-16(21-14)19-11-5-3-4-10(17)13(11)18/h3-7H,1-2H3,(H2,19,20,21). The number of hydrogen-bond acceptors (Lipinski definition) is 5. The molecule has 0 atom stereocenters. The Balaban J connectivity index is 2.07. The minimum Gasteiger partial charge on any atom is -0.497 e. The minimum absolute atomic E-state index is 0.299. The number of halogens is 2. The number of carbonyl (C=O) groups is 1. The second-order valence-electron chi connectivity index (χ2n) is 4.87. The average molecular weight is 366 g/mol. The molecule has 6 nitrogen and oxygen atoms in total. The highest BCUT2D eigenvalue weighted by molar-refractivity contribution is 6.43. The highest BCUT2D eigenvalue weighted by Crippen LogP contribution is 2.32.